The molecule has 3 aromatic carbocycles. The molecule has 0 bridgehead atoms. The number of benzene rings is 3. The van der Waals surface area contributed by atoms with E-state index in [0.717, 1.165) is 20.3 Å². The molecule has 0 saturated heterocycles. The largest absolute Gasteiger partial charge is 0.271 e. The van der Waals surface area contributed by atoms with Gasteiger partial charge in [0.2, 0.25) is 0 Å². The van der Waals surface area contributed by atoms with E-state index in [0.29, 0.717) is 5.02 Å². The molecule has 6 nitrogen and oxygen atoms in total. The lowest BCUT2D eigenvalue weighted by atomic mass is 10.2. The summed E-state index contributed by atoms with van der Waals surface area (Å²) >= 11 is 7.70. The molecule has 0 aliphatic rings. The van der Waals surface area contributed by atoms with E-state index in [1.807, 2.05) is 37.4 Å². The van der Waals surface area contributed by atoms with Gasteiger partial charge in [-0.1, -0.05) is 47.5 Å². The Kier molecular flexibility index (Phi) is 7.95. The van der Waals surface area contributed by atoms with E-state index >= 15 is 0 Å². The average Bonchev–Trinajstić information content (AvgIpc) is 2.78. The predicted octanol–water partition coefficient (Wildman–Crippen LogP) is 4.72. The van der Waals surface area contributed by atoms with Crippen LogP contribution in [-0.2, 0) is 14.8 Å². The van der Waals surface area contributed by atoms with Gasteiger partial charge < -0.3 is 0 Å². The Labute approximate surface area is 197 Å². The van der Waals surface area contributed by atoms with Crippen LogP contribution >= 0.6 is 23.4 Å². The maximum atomic E-state index is 13.3. The molecule has 0 heterocycles. The molecule has 0 saturated carbocycles. The number of nitrogens with zero attached hydrogens (tertiary/aromatic N) is 2. The summed E-state index contributed by atoms with van der Waals surface area (Å²) in [5, 5.41) is 4.31. The van der Waals surface area contributed by atoms with E-state index < -0.39 is 22.5 Å². The van der Waals surface area contributed by atoms with Crippen molar-refractivity contribution in [3.63, 3.8) is 0 Å². The number of carbonyl (C=O) groups is 1. The lowest BCUT2D eigenvalue weighted by Gasteiger charge is -2.24. The van der Waals surface area contributed by atoms with Gasteiger partial charge in [0, 0.05) is 9.92 Å². The number of sulfonamides is 1. The highest BCUT2D eigenvalue weighted by Crippen LogP contribution is 2.26. The van der Waals surface area contributed by atoms with Crippen LogP contribution in [0, 0.1) is 6.92 Å². The van der Waals surface area contributed by atoms with E-state index in [1.54, 1.807) is 42.1 Å². The molecule has 3 aromatic rings. The van der Waals surface area contributed by atoms with Crippen molar-refractivity contribution in [2.75, 3.05) is 17.1 Å². The third-order valence-corrected chi connectivity index (χ3v) is 7.28. The quantitative estimate of drug-likeness (QED) is 0.283. The highest BCUT2D eigenvalue weighted by Gasteiger charge is 2.27. The van der Waals surface area contributed by atoms with Gasteiger partial charge in [0.1, 0.15) is 6.54 Å². The predicted molar refractivity (Wildman–Crippen MR) is 131 cm³/mol. The van der Waals surface area contributed by atoms with E-state index in [9.17, 15) is 13.2 Å². The number of aryl methyl sites for hydroxylation is 1. The standard InChI is InChI=1S/C23H22ClN3O3S2/c1-17-6-12-22(13-7-17)32(29,30)27(20-5-3-4-19(24)14-20)16-23(28)26-25-15-18-8-10-21(31-2)11-9-18/h3-15H,16H2,1-2H3,(H,26,28)/b25-15-. The molecule has 0 atom stereocenters. The van der Waals surface area contributed by atoms with Crippen LogP contribution in [0.15, 0.2) is 87.7 Å². The maximum Gasteiger partial charge on any atom is 0.264 e. The molecule has 166 valence electrons. The number of anilines is 1. The molecule has 9 heteroatoms. The molecular weight excluding hydrogens is 466 g/mol. The first-order valence-electron chi connectivity index (χ1n) is 9.60. The van der Waals surface area contributed by atoms with Crippen LogP contribution in [0.2, 0.25) is 5.02 Å². The summed E-state index contributed by atoms with van der Waals surface area (Å²) in [5.41, 5.74) is 4.41. The Balaban J connectivity index is 1.81. The first-order chi connectivity index (χ1) is 15.3. The summed E-state index contributed by atoms with van der Waals surface area (Å²) < 4.78 is 27.6. The summed E-state index contributed by atoms with van der Waals surface area (Å²) in [6.07, 6.45) is 3.49. The van der Waals surface area contributed by atoms with Crippen molar-refractivity contribution < 1.29 is 13.2 Å². The third-order valence-electron chi connectivity index (χ3n) is 4.51. The van der Waals surface area contributed by atoms with Gasteiger partial charge in [0.25, 0.3) is 15.9 Å². The summed E-state index contributed by atoms with van der Waals surface area (Å²) in [4.78, 5) is 13.8. The van der Waals surface area contributed by atoms with Crippen molar-refractivity contribution in [1.29, 1.82) is 0 Å². The zero-order valence-electron chi connectivity index (χ0n) is 17.5. The Morgan fingerprint density at radius 1 is 1.09 bits per heavy atom. The lowest BCUT2D eigenvalue weighted by Crippen LogP contribution is -2.39. The Morgan fingerprint density at radius 3 is 2.41 bits per heavy atom. The Morgan fingerprint density at radius 2 is 1.78 bits per heavy atom. The van der Waals surface area contributed by atoms with Crippen molar-refractivity contribution in [2.45, 2.75) is 16.7 Å². The highest BCUT2D eigenvalue weighted by molar-refractivity contribution is 7.98. The normalized spacial score (nSPS) is 11.5. The Hall–Kier alpha value is -2.81. The third kappa shape index (κ3) is 6.12. The number of hydrogen-bond donors (Lipinski definition) is 1. The minimum atomic E-state index is -4.01. The molecule has 0 aliphatic carbocycles. The van der Waals surface area contributed by atoms with Crippen molar-refractivity contribution in [2.24, 2.45) is 5.10 Å². The minimum Gasteiger partial charge on any atom is -0.271 e. The molecule has 0 radical (unpaired) electrons. The van der Waals surface area contributed by atoms with Crippen molar-refractivity contribution in [1.82, 2.24) is 5.43 Å². The van der Waals surface area contributed by atoms with Crippen LogP contribution in [0.5, 0.6) is 0 Å². The van der Waals surface area contributed by atoms with Crippen LogP contribution in [0.1, 0.15) is 11.1 Å². The van der Waals surface area contributed by atoms with Gasteiger partial charge in [0.05, 0.1) is 16.8 Å². The van der Waals surface area contributed by atoms with Crippen molar-refractivity contribution in [3.8, 4) is 0 Å². The minimum absolute atomic E-state index is 0.0771. The number of halogens is 1. The molecule has 1 amide bonds. The molecule has 3 rings (SSSR count). The molecule has 0 aliphatic heterocycles. The molecule has 0 fully saturated rings. The van der Waals surface area contributed by atoms with Crippen LogP contribution in [0.4, 0.5) is 5.69 Å². The number of hydrazone groups is 1. The van der Waals surface area contributed by atoms with Gasteiger partial charge in [-0.25, -0.2) is 13.8 Å². The fraction of sp³-hybridized carbons (Fsp3) is 0.130. The van der Waals surface area contributed by atoms with Crippen LogP contribution in [0.25, 0.3) is 0 Å². The summed E-state index contributed by atoms with van der Waals surface area (Å²) in [7, 11) is -4.01. The first kappa shape index (κ1) is 23.8. The van der Waals surface area contributed by atoms with Crippen molar-refractivity contribution in [3.05, 3.63) is 88.9 Å². The monoisotopic (exact) mass is 487 g/mol. The second-order valence-electron chi connectivity index (χ2n) is 6.87. The van der Waals surface area contributed by atoms with Gasteiger partial charge in [-0.2, -0.15) is 5.10 Å². The highest BCUT2D eigenvalue weighted by atomic mass is 35.5. The fourth-order valence-electron chi connectivity index (χ4n) is 2.82. The molecule has 32 heavy (non-hydrogen) atoms. The number of rotatable bonds is 8. The van der Waals surface area contributed by atoms with E-state index in [1.165, 1.54) is 24.4 Å². The number of thioether (sulfide) groups is 1. The summed E-state index contributed by atoms with van der Waals surface area (Å²) in [6, 6.07) is 20.4. The fourth-order valence-corrected chi connectivity index (χ4v) is 4.82. The second-order valence-corrected chi connectivity index (χ2v) is 10.0. The van der Waals surface area contributed by atoms with Gasteiger partial charge in [-0.15, -0.1) is 11.8 Å². The number of carbonyl (C=O) groups excluding carboxylic acids is 1. The molecular formula is C23H22ClN3O3S2. The average molecular weight is 488 g/mol. The number of hydrogen-bond acceptors (Lipinski definition) is 5. The zero-order chi connectivity index (χ0) is 23.1. The van der Waals surface area contributed by atoms with Gasteiger partial charge in [0.15, 0.2) is 0 Å². The summed E-state index contributed by atoms with van der Waals surface area (Å²) in [5.74, 6) is -0.586. The van der Waals surface area contributed by atoms with Gasteiger partial charge in [-0.3, -0.25) is 9.10 Å². The molecule has 0 unspecified atom stereocenters. The maximum absolute atomic E-state index is 13.3. The molecule has 0 spiro atoms. The van der Waals surface area contributed by atoms with E-state index in [2.05, 4.69) is 10.5 Å². The zero-order valence-corrected chi connectivity index (χ0v) is 19.9. The first-order valence-corrected chi connectivity index (χ1v) is 12.6. The second kappa shape index (κ2) is 10.7. The van der Waals surface area contributed by atoms with Gasteiger partial charge >= 0.3 is 0 Å². The summed E-state index contributed by atoms with van der Waals surface area (Å²) in [6.45, 7) is 1.41. The lowest BCUT2D eigenvalue weighted by molar-refractivity contribution is -0.119. The van der Waals surface area contributed by atoms with Crippen LogP contribution in [-0.4, -0.2) is 33.3 Å². The smallest absolute Gasteiger partial charge is 0.264 e. The topological polar surface area (TPSA) is 78.8 Å². The Bertz CT molecular complexity index is 1210. The van der Waals surface area contributed by atoms with Gasteiger partial charge in [-0.05, 0) is 61.2 Å². The molecule has 0 aromatic heterocycles. The number of nitrogens with one attached hydrogen (secondary N) is 1. The van der Waals surface area contributed by atoms with Crippen molar-refractivity contribution >= 4 is 51.2 Å². The van der Waals surface area contributed by atoms with Crippen LogP contribution in [0.3, 0.4) is 0 Å². The van der Waals surface area contributed by atoms with E-state index in [4.69, 9.17) is 11.6 Å². The SMILES string of the molecule is CSc1ccc(/C=N\NC(=O)CN(c2cccc(Cl)c2)S(=O)(=O)c2ccc(C)cc2)cc1. The van der Waals surface area contributed by atoms with E-state index in [-0.39, 0.29) is 10.6 Å². The molecule has 1 N–H and O–H groups in total. The van der Waals surface area contributed by atoms with Crippen LogP contribution < -0.4 is 9.73 Å². The number of amides is 1.